The van der Waals surface area contributed by atoms with Crippen molar-refractivity contribution in [2.45, 2.75) is 72.7 Å². The highest BCUT2D eigenvalue weighted by Crippen LogP contribution is 2.67. The Hall–Kier alpha value is -10.4. The quantitative estimate of drug-likeness (QED) is 0.0889. The number of benzene rings is 8. The predicted octanol–water partition coefficient (Wildman–Crippen LogP) is 5.69. The number of fused-ring (bicyclic) bond motifs is 10. The average molecular weight is 1150 g/mol. The lowest BCUT2D eigenvalue weighted by atomic mass is 9.71. The standard InChI is InChI=1S/C60H48O24/c61-23-13-34(71)42-40(14-23)83-60(22-4-8-28(65)33(70)12-22)59(79)50(42)47-41(84-60)18-38(75)46-49(52(78)55(82-58(46)47)21-3-7-27(64)32(69)11-21)45-37(74)17-36(73)44-48(51(77)54(81-57(44)45)20-2-6-26(63)31(68)10-20)43-35(72)16-29(66)24-15-39(76)53(80-56(24)43)19-1-5-25(62)30(67)9-19/h1-14,16-18,39,48-55,59,61-79H,15H2/t39-,48-,49+,50-,51+,52-,53-,54-,55-,59-,60+/m1/s1. The van der Waals surface area contributed by atoms with Gasteiger partial charge in [-0.2, -0.15) is 0 Å². The summed E-state index contributed by atoms with van der Waals surface area (Å²) < 4.78 is 32.7. The first kappa shape index (κ1) is 52.9. The van der Waals surface area contributed by atoms with Crippen LogP contribution in [0.5, 0.6) is 115 Å². The molecule has 5 heterocycles. The summed E-state index contributed by atoms with van der Waals surface area (Å²) in [7, 11) is 0. The Kier molecular flexibility index (Phi) is 11.7. The predicted molar refractivity (Wildman–Crippen MR) is 283 cm³/mol. The van der Waals surface area contributed by atoms with Crippen LogP contribution in [0.2, 0.25) is 0 Å². The molecule has 11 atom stereocenters. The van der Waals surface area contributed by atoms with Gasteiger partial charge in [-0.1, -0.05) is 18.2 Å². The third kappa shape index (κ3) is 7.68. The highest BCUT2D eigenvalue weighted by Gasteiger charge is 2.61. The van der Waals surface area contributed by atoms with Gasteiger partial charge in [0.1, 0.15) is 93.4 Å². The molecule has 19 N–H and O–H groups in total. The van der Waals surface area contributed by atoms with Crippen molar-refractivity contribution in [3.8, 4) is 115 Å². The monoisotopic (exact) mass is 1150 g/mol. The molecule has 5 aliphatic heterocycles. The van der Waals surface area contributed by atoms with E-state index in [4.69, 9.17) is 23.7 Å². The Labute approximate surface area is 471 Å². The van der Waals surface area contributed by atoms with Gasteiger partial charge in [0.25, 0.3) is 0 Å². The molecule has 0 aliphatic carbocycles. The number of ether oxygens (including phenoxy) is 5. The highest BCUT2D eigenvalue weighted by molar-refractivity contribution is 5.74. The van der Waals surface area contributed by atoms with Gasteiger partial charge in [-0.3, -0.25) is 0 Å². The number of aliphatic hydroxyl groups is 4. The first-order valence-electron chi connectivity index (χ1n) is 25.8. The molecule has 84 heavy (non-hydrogen) atoms. The first-order chi connectivity index (χ1) is 40.0. The number of phenolic OH excluding ortho intramolecular Hbond substituents is 15. The van der Waals surface area contributed by atoms with Crippen molar-refractivity contribution in [2.24, 2.45) is 0 Å². The van der Waals surface area contributed by atoms with E-state index in [-0.39, 0.29) is 56.2 Å². The Morgan fingerprint density at radius 3 is 1.24 bits per heavy atom. The molecule has 24 heteroatoms. The lowest BCUT2D eigenvalue weighted by Gasteiger charge is -2.51. The van der Waals surface area contributed by atoms with Crippen LogP contribution in [-0.4, -0.2) is 121 Å². The SMILES string of the molecule is Oc1cc(O)c2c(c1)O[C@@]1(c3ccc(O)c(O)c3)Oc3cc(O)c4c(c3[C@@H]2[C@H]1O)O[C@H](c1ccc(O)c(O)c1)[C@H](O)[C@H]4c1c(O)cc(O)c2c1O[C@H](c1ccc(O)c(O)c1)[C@@H](O)[C@@H]2c1c(O)cc(O)c2c1O[C@H](c1ccc(O)c(O)c1)[C@H](O)C2. The second kappa shape index (κ2) is 18.6. The van der Waals surface area contributed by atoms with Crippen molar-refractivity contribution >= 4 is 0 Å². The summed E-state index contributed by atoms with van der Waals surface area (Å²) in [4.78, 5) is 0. The van der Waals surface area contributed by atoms with Crippen LogP contribution in [0.25, 0.3) is 0 Å². The molecule has 0 unspecified atom stereocenters. The normalized spacial score (nSPS) is 25.1. The fourth-order valence-electron chi connectivity index (χ4n) is 12.6. The van der Waals surface area contributed by atoms with Crippen molar-refractivity contribution in [1.29, 1.82) is 0 Å². The summed E-state index contributed by atoms with van der Waals surface area (Å²) in [6.45, 7) is 0. The average Bonchev–Trinajstić information content (AvgIpc) is 0.881. The Morgan fingerprint density at radius 1 is 0.333 bits per heavy atom. The van der Waals surface area contributed by atoms with E-state index >= 15 is 0 Å². The molecule has 0 aromatic heterocycles. The first-order valence-corrected chi connectivity index (χ1v) is 25.8. The van der Waals surface area contributed by atoms with Gasteiger partial charge >= 0.3 is 5.79 Å². The fourth-order valence-corrected chi connectivity index (χ4v) is 12.6. The van der Waals surface area contributed by atoms with Crippen LogP contribution in [0.3, 0.4) is 0 Å². The van der Waals surface area contributed by atoms with E-state index in [0.29, 0.717) is 0 Å². The van der Waals surface area contributed by atoms with E-state index in [1.54, 1.807) is 0 Å². The lowest BCUT2D eigenvalue weighted by Crippen LogP contribution is -2.57. The van der Waals surface area contributed by atoms with Crippen LogP contribution in [0.1, 0.15) is 97.3 Å². The molecule has 13 rings (SSSR count). The zero-order chi connectivity index (χ0) is 59.4. The molecular formula is C60H48O24. The number of rotatable bonds is 6. The molecule has 24 nitrogen and oxygen atoms in total. The second-order valence-corrected chi connectivity index (χ2v) is 21.2. The molecule has 0 saturated heterocycles. The van der Waals surface area contributed by atoms with Gasteiger partial charge < -0.3 is 121 Å². The number of hydrogen-bond acceptors (Lipinski definition) is 24. The molecule has 0 fully saturated rings. The van der Waals surface area contributed by atoms with Crippen molar-refractivity contribution in [3.05, 3.63) is 164 Å². The zero-order valence-electron chi connectivity index (χ0n) is 42.8. The van der Waals surface area contributed by atoms with Crippen LogP contribution >= 0.6 is 0 Å². The van der Waals surface area contributed by atoms with Gasteiger partial charge in [0.05, 0.1) is 23.9 Å². The van der Waals surface area contributed by atoms with E-state index < -0.39 is 193 Å². The second-order valence-electron chi connectivity index (χ2n) is 21.2. The maximum Gasteiger partial charge on any atom is 0.305 e. The minimum Gasteiger partial charge on any atom is -0.508 e. The number of aliphatic hydroxyl groups excluding tert-OH is 4. The summed E-state index contributed by atoms with van der Waals surface area (Å²) in [5.41, 5.74) is -2.64. The summed E-state index contributed by atoms with van der Waals surface area (Å²) in [6, 6.07) is 18.2. The van der Waals surface area contributed by atoms with Crippen LogP contribution in [0, 0.1) is 0 Å². The molecule has 0 radical (unpaired) electrons. The molecule has 8 aromatic carbocycles. The number of phenols is 15. The van der Waals surface area contributed by atoms with E-state index in [1.165, 1.54) is 24.3 Å². The molecule has 432 valence electrons. The van der Waals surface area contributed by atoms with Gasteiger partial charge in [0, 0.05) is 81.3 Å². The topological polar surface area (TPSA) is 431 Å². The Morgan fingerprint density at radius 2 is 0.738 bits per heavy atom. The third-order valence-corrected chi connectivity index (χ3v) is 16.4. The zero-order valence-corrected chi connectivity index (χ0v) is 42.8. The van der Waals surface area contributed by atoms with E-state index in [9.17, 15) is 97.0 Å². The lowest BCUT2D eigenvalue weighted by molar-refractivity contribution is -0.219. The maximum atomic E-state index is 13.1. The molecule has 5 aliphatic rings. The Balaban J connectivity index is 1.09. The highest BCUT2D eigenvalue weighted by atomic mass is 16.7. The Bertz CT molecular complexity index is 4110. The van der Waals surface area contributed by atoms with Crippen LogP contribution in [0.4, 0.5) is 0 Å². The molecule has 0 saturated carbocycles. The van der Waals surface area contributed by atoms with Gasteiger partial charge in [-0.15, -0.1) is 0 Å². The number of hydrogen-bond donors (Lipinski definition) is 19. The summed E-state index contributed by atoms with van der Waals surface area (Å²) in [6.07, 6.45) is -13.0. The maximum absolute atomic E-state index is 13.1. The fraction of sp³-hybridized carbons (Fsp3) is 0.200. The molecule has 0 spiro atoms. The molecule has 0 amide bonds. The van der Waals surface area contributed by atoms with Crippen molar-refractivity contribution in [1.82, 2.24) is 0 Å². The van der Waals surface area contributed by atoms with Gasteiger partial charge in [0.2, 0.25) is 0 Å². The summed E-state index contributed by atoms with van der Waals surface area (Å²) in [5, 5.41) is 218. The van der Waals surface area contributed by atoms with Crippen molar-refractivity contribution in [3.63, 3.8) is 0 Å². The van der Waals surface area contributed by atoms with Crippen molar-refractivity contribution in [2.75, 3.05) is 0 Å². The van der Waals surface area contributed by atoms with Crippen LogP contribution < -0.4 is 23.7 Å². The van der Waals surface area contributed by atoms with E-state index in [1.807, 2.05) is 0 Å². The molecule has 8 aromatic rings. The van der Waals surface area contributed by atoms with Gasteiger partial charge in [-0.05, 0) is 71.3 Å². The van der Waals surface area contributed by atoms with Crippen molar-refractivity contribution < 1.29 is 121 Å². The van der Waals surface area contributed by atoms with Crippen LogP contribution in [-0.2, 0) is 12.2 Å². The number of aromatic hydroxyl groups is 15. The smallest absolute Gasteiger partial charge is 0.305 e. The van der Waals surface area contributed by atoms with Gasteiger partial charge in [-0.25, -0.2) is 0 Å². The van der Waals surface area contributed by atoms with E-state index in [2.05, 4.69) is 0 Å². The minimum atomic E-state index is -2.44. The largest absolute Gasteiger partial charge is 0.508 e. The molecular weight excluding hydrogens is 1100 g/mol. The van der Waals surface area contributed by atoms with Gasteiger partial charge in [0.15, 0.2) is 58.2 Å². The van der Waals surface area contributed by atoms with Crippen LogP contribution in [0.15, 0.2) is 103 Å². The van der Waals surface area contributed by atoms with E-state index in [0.717, 1.165) is 78.9 Å². The summed E-state index contributed by atoms with van der Waals surface area (Å²) in [5.74, 6) is -20.1. The molecule has 2 bridgehead atoms. The third-order valence-electron chi connectivity index (χ3n) is 16.4. The minimum absolute atomic E-state index is 0.0872. The summed E-state index contributed by atoms with van der Waals surface area (Å²) >= 11 is 0.